The summed E-state index contributed by atoms with van der Waals surface area (Å²) in [5.74, 6) is -0.358. The second-order valence-electron chi connectivity index (χ2n) is 8.14. The number of alkyl carbamates (subject to hydrolysis) is 1. The molecule has 4 rings (SSSR count). The molecule has 192 valence electrons. The summed E-state index contributed by atoms with van der Waals surface area (Å²) < 4.78 is 12.3. The van der Waals surface area contributed by atoms with Crippen LogP contribution < -0.4 is 10.6 Å². The third-order valence-corrected chi connectivity index (χ3v) is 5.58. The minimum Gasteiger partial charge on any atom is -0.508 e. The number of aliphatic hydroxyl groups excluding tert-OH is 2. The van der Waals surface area contributed by atoms with E-state index in [-0.39, 0.29) is 31.7 Å². The Labute approximate surface area is 204 Å². The number of amides is 1. The largest absolute Gasteiger partial charge is 0.508 e. The molecule has 14 heteroatoms. The predicted molar refractivity (Wildman–Crippen MR) is 123 cm³/mol. The number of hydrogen-bond donors (Lipinski definition) is 6. The number of anilines is 1. The standard InChI is InChI=1S/C22H26N6O8/c29-13-5-3-12(4-6-13)8-24-19-16-20(26-10-25-19)28(11-27-16)21-18(33)17(32)14(36-21)9-35-22(34)23-7-1-2-15(30)31/h3-6,10-11,14,17-18,21,29,32-33H,1-2,7-9H2,(H,23,34)(H,30,31)(H,24,25,26). The molecule has 0 radical (unpaired) electrons. The fraction of sp³-hybridized carbons (Fsp3) is 0.409. The van der Waals surface area contributed by atoms with Gasteiger partial charge in [0.2, 0.25) is 0 Å². The van der Waals surface area contributed by atoms with Crippen molar-refractivity contribution in [2.75, 3.05) is 18.5 Å². The number of carboxylic acid groups (broad SMARTS) is 1. The number of hydrogen-bond acceptors (Lipinski definition) is 11. The second kappa shape index (κ2) is 11.2. The number of fused-ring (bicyclic) bond motifs is 1. The molecule has 0 saturated carbocycles. The first kappa shape index (κ1) is 25.1. The van der Waals surface area contributed by atoms with E-state index in [9.17, 15) is 24.9 Å². The van der Waals surface area contributed by atoms with Gasteiger partial charge in [0.15, 0.2) is 23.2 Å². The summed E-state index contributed by atoms with van der Waals surface area (Å²) in [6.45, 7) is 0.202. The molecule has 14 nitrogen and oxygen atoms in total. The van der Waals surface area contributed by atoms with E-state index < -0.39 is 36.6 Å². The highest BCUT2D eigenvalue weighted by molar-refractivity contribution is 5.82. The normalized spacial score (nSPS) is 21.4. The van der Waals surface area contributed by atoms with Gasteiger partial charge in [-0.15, -0.1) is 0 Å². The lowest BCUT2D eigenvalue weighted by atomic mass is 10.1. The Morgan fingerprint density at radius 3 is 2.64 bits per heavy atom. The van der Waals surface area contributed by atoms with Gasteiger partial charge in [0.25, 0.3) is 0 Å². The van der Waals surface area contributed by atoms with Crippen LogP contribution in [0.4, 0.5) is 10.6 Å². The van der Waals surface area contributed by atoms with Crippen molar-refractivity contribution in [3.8, 4) is 5.75 Å². The van der Waals surface area contributed by atoms with Crippen molar-refractivity contribution in [1.82, 2.24) is 24.8 Å². The van der Waals surface area contributed by atoms with Gasteiger partial charge in [-0.05, 0) is 24.1 Å². The van der Waals surface area contributed by atoms with Gasteiger partial charge in [-0.25, -0.2) is 19.7 Å². The Morgan fingerprint density at radius 2 is 1.89 bits per heavy atom. The third kappa shape index (κ3) is 5.79. The number of nitrogens with one attached hydrogen (secondary N) is 2. The zero-order valence-electron chi connectivity index (χ0n) is 19.0. The van der Waals surface area contributed by atoms with Gasteiger partial charge in [0, 0.05) is 19.5 Å². The summed E-state index contributed by atoms with van der Waals surface area (Å²) in [5, 5.41) is 44.6. The van der Waals surface area contributed by atoms with Crippen LogP contribution >= 0.6 is 0 Å². The number of benzene rings is 1. The van der Waals surface area contributed by atoms with E-state index in [1.165, 1.54) is 17.2 Å². The number of phenolic OH excluding ortho intramolecular Hbond substituents is 1. The molecule has 0 bridgehead atoms. The summed E-state index contributed by atoms with van der Waals surface area (Å²) in [6, 6.07) is 6.69. The highest BCUT2D eigenvalue weighted by Crippen LogP contribution is 2.32. The first-order chi connectivity index (χ1) is 17.3. The van der Waals surface area contributed by atoms with Crippen molar-refractivity contribution in [3.63, 3.8) is 0 Å². The van der Waals surface area contributed by atoms with Gasteiger partial charge in [-0.1, -0.05) is 12.1 Å². The summed E-state index contributed by atoms with van der Waals surface area (Å²) in [7, 11) is 0. The molecule has 3 heterocycles. The summed E-state index contributed by atoms with van der Waals surface area (Å²) in [4.78, 5) is 35.1. The average Bonchev–Trinajstić information content (AvgIpc) is 3.41. The zero-order valence-corrected chi connectivity index (χ0v) is 19.0. The van der Waals surface area contributed by atoms with Crippen molar-refractivity contribution in [2.24, 2.45) is 0 Å². The number of ether oxygens (including phenoxy) is 2. The number of aromatic hydroxyl groups is 1. The topological polar surface area (TPSA) is 201 Å². The quantitative estimate of drug-likeness (QED) is 0.208. The first-order valence-electron chi connectivity index (χ1n) is 11.2. The second-order valence-corrected chi connectivity index (χ2v) is 8.14. The molecule has 1 aromatic carbocycles. The Kier molecular flexibility index (Phi) is 7.77. The fourth-order valence-electron chi connectivity index (χ4n) is 3.70. The van der Waals surface area contributed by atoms with E-state index in [1.54, 1.807) is 24.3 Å². The van der Waals surface area contributed by atoms with Crippen LogP contribution in [0.25, 0.3) is 11.2 Å². The molecule has 3 aromatic rings. The smallest absolute Gasteiger partial charge is 0.407 e. The van der Waals surface area contributed by atoms with Crippen molar-refractivity contribution >= 4 is 29.0 Å². The molecule has 1 saturated heterocycles. The molecule has 1 amide bonds. The van der Waals surface area contributed by atoms with Gasteiger partial charge in [0.05, 0.1) is 6.33 Å². The van der Waals surface area contributed by atoms with Gasteiger partial charge in [-0.2, -0.15) is 0 Å². The number of nitrogens with zero attached hydrogens (tertiary/aromatic N) is 4. The van der Waals surface area contributed by atoms with E-state index in [4.69, 9.17) is 14.6 Å². The predicted octanol–water partition coefficient (Wildman–Crippen LogP) is 0.354. The number of aliphatic hydroxyl groups is 2. The van der Waals surface area contributed by atoms with Crippen LogP contribution in [0.1, 0.15) is 24.6 Å². The van der Waals surface area contributed by atoms with Crippen LogP contribution in [0.3, 0.4) is 0 Å². The molecule has 0 aliphatic carbocycles. The van der Waals surface area contributed by atoms with Crippen molar-refractivity contribution in [3.05, 3.63) is 42.5 Å². The highest BCUT2D eigenvalue weighted by Gasteiger charge is 2.45. The zero-order chi connectivity index (χ0) is 25.7. The Bertz CT molecular complexity index is 1200. The van der Waals surface area contributed by atoms with Gasteiger partial charge >= 0.3 is 12.1 Å². The third-order valence-electron chi connectivity index (χ3n) is 5.58. The fourth-order valence-corrected chi connectivity index (χ4v) is 3.70. The van der Waals surface area contributed by atoms with Crippen LogP contribution in [0, 0.1) is 0 Å². The molecule has 0 spiro atoms. The van der Waals surface area contributed by atoms with Crippen molar-refractivity contribution < 1.29 is 39.5 Å². The van der Waals surface area contributed by atoms with Crippen LogP contribution in [-0.4, -0.2) is 83.5 Å². The molecule has 4 atom stereocenters. The number of aliphatic carboxylic acids is 1. The Morgan fingerprint density at radius 1 is 1.11 bits per heavy atom. The SMILES string of the molecule is O=C(O)CCCNC(=O)OCC1OC(n2cnc3c(NCc4ccc(O)cc4)ncnc32)C(O)C1O. The molecular weight excluding hydrogens is 476 g/mol. The van der Waals surface area contributed by atoms with E-state index >= 15 is 0 Å². The van der Waals surface area contributed by atoms with E-state index in [2.05, 4.69) is 25.6 Å². The van der Waals surface area contributed by atoms with Crippen LogP contribution in [0.2, 0.25) is 0 Å². The lowest BCUT2D eigenvalue weighted by Gasteiger charge is -2.16. The number of rotatable bonds is 10. The number of carboxylic acids is 1. The summed E-state index contributed by atoms with van der Waals surface area (Å²) >= 11 is 0. The van der Waals surface area contributed by atoms with Gasteiger partial charge in [0.1, 0.15) is 37.0 Å². The number of carbonyl (C=O) groups excluding carboxylic acids is 1. The Hall–Kier alpha value is -4.01. The van der Waals surface area contributed by atoms with Gasteiger partial charge < -0.3 is 40.5 Å². The first-order valence-corrected chi connectivity index (χ1v) is 11.2. The van der Waals surface area contributed by atoms with Crippen LogP contribution in [0.5, 0.6) is 5.75 Å². The molecular formula is C22H26N6O8. The molecule has 2 aromatic heterocycles. The number of carbonyl (C=O) groups is 2. The maximum Gasteiger partial charge on any atom is 0.407 e. The lowest BCUT2D eigenvalue weighted by Crippen LogP contribution is -2.36. The minimum absolute atomic E-state index is 0.0882. The number of imidazole rings is 1. The Balaban J connectivity index is 1.38. The molecule has 1 fully saturated rings. The van der Waals surface area contributed by atoms with E-state index in [0.717, 1.165) is 5.56 Å². The summed E-state index contributed by atoms with van der Waals surface area (Å²) in [5.41, 5.74) is 1.68. The minimum atomic E-state index is -1.35. The molecule has 1 aliphatic heterocycles. The average molecular weight is 502 g/mol. The number of phenols is 1. The van der Waals surface area contributed by atoms with Crippen LogP contribution in [0.15, 0.2) is 36.9 Å². The van der Waals surface area contributed by atoms with Crippen LogP contribution in [-0.2, 0) is 20.8 Å². The molecule has 6 N–H and O–H groups in total. The summed E-state index contributed by atoms with van der Waals surface area (Å²) in [6.07, 6.45) is -2.65. The highest BCUT2D eigenvalue weighted by atomic mass is 16.6. The maximum atomic E-state index is 11.8. The maximum absolute atomic E-state index is 11.8. The molecule has 36 heavy (non-hydrogen) atoms. The molecule has 1 aliphatic rings. The number of aromatic nitrogens is 4. The monoisotopic (exact) mass is 502 g/mol. The lowest BCUT2D eigenvalue weighted by molar-refractivity contribution is -0.137. The molecule has 4 unspecified atom stereocenters. The van der Waals surface area contributed by atoms with Gasteiger partial charge in [-0.3, -0.25) is 9.36 Å². The van der Waals surface area contributed by atoms with E-state index in [0.29, 0.717) is 23.5 Å². The van der Waals surface area contributed by atoms with Crippen molar-refractivity contribution in [1.29, 1.82) is 0 Å². The van der Waals surface area contributed by atoms with Crippen molar-refractivity contribution in [2.45, 2.75) is 43.9 Å². The van der Waals surface area contributed by atoms with E-state index in [1.807, 2.05) is 0 Å².